The van der Waals surface area contributed by atoms with Crippen molar-refractivity contribution >= 4 is 34.1 Å². The number of nitrogens with one attached hydrogen (secondary N) is 1. The van der Waals surface area contributed by atoms with Gasteiger partial charge in [0.25, 0.3) is 0 Å². The summed E-state index contributed by atoms with van der Waals surface area (Å²) in [6, 6.07) is 5.77. The number of nitrogens with zero attached hydrogens (tertiary/aromatic N) is 5. The minimum atomic E-state index is -0.320. The molecule has 1 N–H and O–H groups in total. The first kappa shape index (κ1) is 19.2. The van der Waals surface area contributed by atoms with Gasteiger partial charge in [-0.3, -0.25) is 10.1 Å². The summed E-state index contributed by atoms with van der Waals surface area (Å²) in [5.41, 5.74) is 0. The van der Waals surface area contributed by atoms with Crippen molar-refractivity contribution in [2.45, 2.75) is 32.2 Å². The van der Waals surface area contributed by atoms with Crippen molar-refractivity contribution in [2.75, 3.05) is 11.1 Å². The summed E-state index contributed by atoms with van der Waals surface area (Å²) in [6.45, 7) is 4.61. The number of hydrogen-bond donors (Lipinski definition) is 1. The van der Waals surface area contributed by atoms with E-state index in [0.29, 0.717) is 28.4 Å². The number of carbonyl (C=O) groups excluding carboxylic acids is 1. The van der Waals surface area contributed by atoms with Crippen molar-refractivity contribution in [3.8, 4) is 5.75 Å². The molecule has 0 saturated carbocycles. The lowest BCUT2D eigenvalue weighted by molar-refractivity contribution is -0.113. The van der Waals surface area contributed by atoms with Crippen LogP contribution >= 0.6 is 23.1 Å². The zero-order valence-corrected chi connectivity index (χ0v) is 16.3. The van der Waals surface area contributed by atoms with Gasteiger partial charge < -0.3 is 9.30 Å². The molecule has 27 heavy (non-hydrogen) atoms. The summed E-state index contributed by atoms with van der Waals surface area (Å²) < 4.78 is 20.4. The van der Waals surface area contributed by atoms with Crippen molar-refractivity contribution in [1.29, 1.82) is 0 Å². The Morgan fingerprint density at radius 2 is 2.04 bits per heavy atom. The van der Waals surface area contributed by atoms with Crippen molar-refractivity contribution in [3.63, 3.8) is 0 Å². The van der Waals surface area contributed by atoms with E-state index in [1.54, 1.807) is 12.1 Å². The van der Waals surface area contributed by atoms with E-state index in [9.17, 15) is 9.18 Å². The van der Waals surface area contributed by atoms with E-state index in [1.165, 1.54) is 35.2 Å². The van der Waals surface area contributed by atoms with E-state index >= 15 is 0 Å². The van der Waals surface area contributed by atoms with Gasteiger partial charge in [0.1, 0.15) is 23.2 Å². The SMILES string of the molecule is CCn1c(COc2ccc(F)cc2)nnc1SCC(=O)Nc1nnc(C)s1. The van der Waals surface area contributed by atoms with Crippen LogP contribution in [-0.2, 0) is 17.9 Å². The first-order chi connectivity index (χ1) is 13.0. The largest absolute Gasteiger partial charge is 0.486 e. The number of hydrogen-bond acceptors (Lipinski definition) is 8. The molecule has 0 aliphatic heterocycles. The van der Waals surface area contributed by atoms with Gasteiger partial charge in [-0.1, -0.05) is 23.1 Å². The maximum atomic E-state index is 12.9. The summed E-state index contributed by atoms with van der Waals surface area (Å²) in [4.78, 5) is 12.0. The van der Waals surface area contributed by atoms with Gasteiger partial charge in [0.15, 0.2) is 11.0 Å². The number of benzene rings is 1. The third kappa shape index (κ3) is 5.23. The molecule has 1 aromatic carbocycles. The molecular formula is C16H17FN6O2S2. The van der Waals surface area contributed by atoms with Crippen molar-refractivity contribution in [2.24, 2.45) is 0 Å². The first-order valence-electron chi connectivity index (χ1n) is 8.08. The second kappa shape index (κ2) is 8.91. The van der Waals surface area contributed by atoms with E-state index in [1.807, 2.05) is 18.4 Å². The summed E-state index contributed by atoms with van der Waals surface area (Å²) in [5.74, 6) is 0.841. The predicted octanol–water partition coefficient (Wildman–Crippen LogP) is 2.91. The van der Waals surface area contributed by atoms with Crippen LogP contribution in [0.15, 0.2) is 29.4 Å². The van der Waals surface area contributed by atoms with Gasteiger partial charge in [0, 0.05) is 6.54 Å². The number of anilines is 1. The van der Waals surface area contributed by atoms with E-state index in [2.05, 4.69) is 25.7 Å². The van der Waals surface area contributed by atoms with Crippen LogP contribution in [0.2, 0.25) is 0 Å². The molecule has 0 aliphatic rings. The molecule has 0 radical (unpaired) electrons. The molecule has 2 heterocycles. The van der Waals surface area contributed by atoms with Gasteiger partial charge in [-0.15, -0.1) is 20.4 Å². The topological polar surface area (TPSA) is 94.8 Å². The molecule has 0 saturated heterocycles. The number of aromatic nitrogens is 5. The molecule has 2 aromatic heterocycles. The molecule has 0 spiro atoms. The average Bonchev–Trinajstić information content (AvgIpc) is 3.24. The molecule has 3 rings (SSSR count). The fourth-order valence-electron chi connectivity index (χ4n) is 2.16. The Morgan fingerprint density at radius 1 is 1.26 bits per heavy atom. The van der Waals surface area contributed by atoms with Gasteiger partial charge in [0.2, 0.25) is 11.0 Å². The van der Waals surface area contributed by atoms with Crippen molar-refractivity contribution in [3.05, 3.63) is 40.9 Å². The number of amides is 1. The van der Waals surface area contributed by atoms with Crippen LogP contribution in [0.4, 0.5) is 9.52 Å². The van der Waals surface area contributed by atoms with Crippen LogP contribution in [-0.4, -0.2) is 36.6 Å². The van der Waals surface area contributed by atoms with Crippen molar-refractivity contribution in [1.82, 2.24) is 25.0 Å². The Balaban J connectivity index is 1.56. The Hall–Kier alpha value is -2.53. The average molecular weight is 408 g/mol. The summed E-state index contributed by atoms with van der Waals surface area (Å²) in [7, 11) is 0. The zero-order chi connectivity index (χ0) is 19.2. The van der Waals surface area contributed by atoms with Crippen LogP contribution in [0, 0.1) is 12.7 Å². The fraction of sp³-hybridized carbons (Fsp3) is 0.312. The Kier molecular flexibility index (Phi) is 6.35. The highest BCUT2D eigenvalue weighted by molar-refractivity contribution is 7.99. The van der Waals surface area contributed by atoms with Gasteiger partial charge in [-0.25, -0.2) is 4.39 Å². The molecule has 0 fully saturated rings. The van der Waals surface area contributed by atoms with Crippen LogP contribution in [0.3, 0.4) is 0 Å². The highest BCUT2D eigenvalue weighted by atomic mass is 32.2. The third-order valence-corrected chi connectivity index (χ3v) is 5.12. The smallest absolute Gasteiger partial charge is 0.236 e. The Morgan fingerprint density at radius 3 is 2.70 bits per heavy atom. The number of rotatable bonds is 8. The molecule has 0 bridgehead atoms. The maximum absolute atomic E-state index is 12.9. The van der Waals surface area contributed by atoms with E-state index in [4.69, 9.17) is 4.74 Å². The molecule has 1 amide bonds. The number of ether oxygens (including phenoxy) is 1. The van der Waals surface area contributed by atoms with E-state index in [-0.39, 0.29) is 24.1 Å². The maximum Gasteiger partial charge on any atom is 0.236 e. The molecule has 0 aliphatic carbocycles. The minimum absolute atomic E-state index is 0.176. The van der Waals surface area contributed by atoms with E-state index in [0.717, 1.165) is 5.01 Å². The standard InChI is InChI=1S/C16H17FN6O2S2/c1-3-23-13(8-25-12-6-4-11(17)5-7-12)20-22-16(23)26-9-14(24)18-15-21-19-10(2)27-15/h4-7H,3,8-9H2,1-2H3,(H,18,21,24). The fourth-order valence-corrected chi connectivity index (χ4v) is 3.59. The molecule has 0 atom stereocenters. The lowest BCUT2D eigenvalue weighted by Crippen LogP contribution is -2.14. The zero-order valence-electron chi connectivity index (χ0n) is 14.7. The second-order valence-corrected chi connectivity index (χ2v) is 7.47. The molecule has 3 aromatic rings. The van der Waals surface area contributed by atoms with Crippen LogP contribution < -0.4 is 10.1 Å². The first-order valence-corrected chi connectivity index (χ1v) is 9.88. The second-order valence-electron chi connectivity index (χ2n) is 5.35. The number of thioether (sulfide) groups is 1. The van der Waals surface area contributed by atoms with Gasteiger partial charge in [-0.05, 0) is 38.1 Å². The Bertz CT molecular complexity index is 912. The number of carbonyl (C=O) groups is 1. The Labute approximate surface area is 163 Å². The summed E-state index contributed by atoms with van der Waals surface area (Å²) >= 11 is 2.60. The quantitative estimate of drug-likeness (QED) is 0.573. The highest BCUT2D eigenvalue weighted by Gasteiger charge is 2.14. The van der Waals surface area contributed by atoms with Gasteiger partial charge in [-0.2, -0.15) is 0 Å². The lowest BCUT2D eigenvalue weighted by Gasteiger charge is -2.08. The van der Waals surface area contributed by atoms with Crippen LogP contribution in [0.1, 0.15) is 17.8 Å². The molecule has 142 valence electrons. The van der Waals surface area contributed by atoms with E-state index < -0.39 is 0 Å². The molecule has 8 nitrogen and oxygen atoms in total. The highest BCUT2D eigenvalue weighted by Crippen LogP contribution is 2.20. The normalized spacial score (nSPS) is 10.8. The third-order valence-electron chi connectivity index (χ3n) is 3.40. The van der Waals surface area contributed by atoms with Gasteiger partial charge >= 0.3 is 0 Å². The monoisotopic (exact) mass is 408 g/mol. The van der Waals surface area contributed by atoms with Crippen molar-refractivity contribution < 1.29 is 13.9 Å². The summed E-state index contributed by atoms with van der Waals surface area (Å²) in [5, 5.41) is 20.6. The molecule has 0 unspecified atom stereocenters. The molecular weight excluding hydrogens is 391 g/mol. The minimum Gasteiger partial charge on any atom is -0.486 e. The number of aryl methyl sites for hydroxylation is 1. The van der Waals surface area contributed by atoms with Crippen LogP contribution in [0.25, 0.3) is 0 Å². The lowest BCUT2D eigenvalue weighted by atomic mass is 10.3. The van der Waals surface area contributed by atoms with Gasteiger partial charge in [0.05, 0.1) is 5.75 Å². The number of halogens is 1. The molecule has 11 heteroatoms. The summed E-state index contributed by atoms with van der Waals surface area (Å²) in [6.07, 6.45) is 0. The predicted molar refractivity (Wildman–Crippen MR) is 100 cm³/mol. The van der Waals surface area contributed by atoms with Crippen LogP contribution in [0.5, 0.6) is 5.75 Å².